The van der Waals surface area contributed by atoms with E-state index in [1.165, 1.54) is 24.3 Å². The highest BCUT2D eigenvalue weighted by molar-refractivity contribution is 9.10. The second-order valence-corrected chi connectivity index (χ2v) is 3.20. The highest BCUT2D eigenvalue weighted by Crippen LogP contribution is 2.25. The van der Waals surface area contributed by atoms with E-state index in [0.717, 1.165) is 4.47 Å². The summed E-state index contributed by atoms with van der Waals surface area (Å²) in [5.74, 6) is 0. The first-order chi connectivity index (χ1) is 5.61. The molecule has 0 aliphatic heterocycles. The Morgan fingerprint density at radius 2 is 1.46 bits per heavy atom. The standard InChI is InChI=1S/C8H6BrF3.H3N/c9-6-3-1-5(2-4-6)7(10)8(11)12;/h1-4,7-8H;1H3. The Kier molecular flexibility index (Phi) is 5.02. The van der Waals surface area contributed by atoms with Gasteiger partial charge in [0, 0.05) is 4.47 Å². The fourth-order valence-electron chi connectivity index (χ4n) is 0.792. The normalized spacial score (nSPS) is 12.4. The topological polar surface area (TPSA) is 35.0 Å². The van der Waals surface area contributed by atoms with Gasteiger partial charge in [-0.3, -0.25) is 0 Å². The van der Waals surface area contributed by atoms with Crippen LogP contribution in [0.1, 0.15) is 11.7 Å². The van der Waals surface area contributed by atoms with Crippen molar-refractivity contribution in [3.63, 3.8) is 0 Å². The van der Waals surface area contributed by atoms with E-state index < -0.39 is 12.6 Å². The quantitative estimate of drug-likeness (QED) is 0.855. The third-order valence-corrected chi connectivity index (χ3v) is 1.94. The van der Waals surface area contributed by atoms with Gasteiger partial charge in [0.2, 0.25) is 0 Å². The Balaban J connectivity index is 0.00000144. The lowest BCUT2D eigenvalue weighted by atomic mass is 10.1. The Hall–Kier alpha value is -0.550. The minimum Gasteiger partial charge on any atom is -0.344 e. The van der Waals surface area contributed by atoms with E-state index >= 15 is 0 Å². The molecule has 0 fully saturated rings. The van der Waals surface area contributed by atoms with Gasteiger partial charge in [-0.2, -0.15) is 0 Å². The zero-order valence-corrected chi connectivity index (χ0v) is 8.27. The maximum atomic E-state index is 12.6. The van der Waals surface area contributed by atoms with Gasteiger partial charge in [-0.1, -0.05) is 28.1 Å². The lowest BCUT2D eigenvalue weighted by molar-refractivity contribution is 0.0495. The molecule has 1 rings (SSSR count). The summed E-state index contributed by atoms with van der Waals surface area (Å²) in [5, 5.41) is 0. The predicted molar refractivity (Wildman–Crippen MR) is 49.0 cm³/mol. The van der Waals surface area contributed by atoms with Gasteiger partial charge in [-0.15, -0.1) is 0 Å². The van der Waals surface area contributed by atoms with E-state index in [1.54, 1.807) is 0 Å². The molecule has 0 aliphatic carbocycles. The average Bonchev–Trinajstić information content (AvgIpc) is 2.04. The first-order valence-electron chi connectivity index (χ1n) is 3.29. The van der Waals surface area contributed by atoms with E-state index in [-0.39, 0.29) is 11.7 Å². The minimum absolute atomic E-state index is 0. The third-order valence-electron chi connectivity index (χ3n) is 1.41. The fourth-order valence-corrected chi connectivity index (χ4v) is 1.06. The Bertz CT molecular complexity index is 250. The Morgan fingerprint density at radius 3 is 1.85 bits per heavy atom. The zero-order chi connectivity index (χ0) is 9.14. The van der Waals surface area contributed by atoms with Crippen LogP contribution in [-0.2, 0) is 0 Å². The van der Waals surface area contributed by atoms with Gasteiger partial charge in [-0.25, -0.2) is 13.2 Å². The lowest BCUT2D eigenvalue weighted by Gasteiger charge is -2.06. The molecular weight excluding hydrogens is 247 g/mol. The first-order valence-corrected chi connectivity index (χ1v) is 4.08. The molecule has 1 unspecified atom stereocenters. The minimum atomic E-state index is -2.95. The van der Waals surface area contributed by atoms with Crippen LogP contribution < -0.4 is 6.15 Å². The third kappa shape index (κ3) is 3.36. The van der Waals surface area contributed by atoms with Gasteiger partial charge >= 0.3 is 0 Å². The number of hydrogen-bond acceptors (Lipinski definition) is 1. The van der Waals surface area contributed by atoms with Crippen molar-refractivity contribution in [2.75, 3.05) is 0 Å². The van der Waals surface area contributed by atoms with Gasteiger partial charge < -0.3 is 6.15 Å². The molecule has 0 aromatic heterocycles. The zero-order valence-electron chi connectivity index (χ0n) is 6.68. The number of benzene rings is 1. The molecule has 3 N–H and O–H groups in total. The molecule has 0 saturated heterocycles. The van der Waals surface area contributed by atoms with Crippen molar-refractivity contribution in [3.05, 3.63) is 34.3 Å². The number of rotatable bonds is 2. The van der Waals surface area contributed by atoms with Crippen LogP contribution in [0.15, 0.2) is 28.7 Å². The van der Waals surface area contributed by atoms with Crippen molar-refractivity contribution in [3.8, 4) is 0 Å². The molecule has 0 bridgehead atoms. The van der Waals surface area contributed by atoms with Gasteiger partial charge in [0.15, 0.2) is 6.17 Å². The molecule has 74 valence electrons. The molecule has 0 heterocycles. The van der Waals surface area contributed by atoms with Crippen LogP contribution in [-0.4, -0.2) is 6.43 Å². The molecule has 0 amide bonds. The smallest absolute Gasteiger partial charge is 0.273 e. The summed E-state index contributed by atoms with van der Waals surface area (Å²) in [6, 6.07) is 5.73. The van der Waals surface area contributed by atoms with Crippen LogP contribution in [0.4, 0.5) is 13.2 Å². The molecule has 0 aliphatic rings. The molecule has 1 nitrogen and oxygen atoms in total. The van der Waals surface area contributed by atoms with E-state index in [9.17, 15) is 13.2 Å². The average molecular weight is 256 g/mol. The summed E-state index contributed by atoms with van der Waals surface area (Å²) in [7, 11) is 0. The summed E-state index contributed by atoms with van der Waals surface area (Å²) >= 11 is 3.12. The molecule has 0 spiro atoms. The van der Waals surface area contributed by atoms with E-state index in [2.05, 4.69) is 15.9 Å². The van der Waals surface area contributed by atoms with Crippen LogP contribution in [0.25, 0.3) is 0 Å². The van der Waals surface area contributed by atoms with Gasteiger partial charge in [0.05, 0.1) is 0 Å². The summed E-state index contributed by atoms with van der Waals surface area (Å²) in [5.41, 5.74) is 0.00759. The Morgan fingerprint density at radius 1 is 1.00 bits per heavy atom. The lowest BCUT2D eigenvalue weighted by Crippen LogP contribution is -2.02. The summed E-state index contributed by atoms with van der Waals surface area (Å²) in [6.45, 7) is 0. The molecule has 1 aromatic rings. The molecule has 5 heteroatoms. The molecule has 1 aromatic carbocycles. The van der Waals surface area contributed by atoms with Crippen LogP contribution in [0.2, 0.25) is 0 Å². The maximum absolute atomic E-state index is 12.6. The van der Waals surface area contributed by atoms with Crippen LogP contribution in [0.3, 0.4) is 0 Å². The molecule has 0 radical (unpaired) electrons. The predicted octanol–water partition coefficient (Wildman–Crippen LogP) is 3.89. The van der Waals surface area contributed by atoms with Crippen LogP contribution in [0.5, 0.6) is 0 Å². The highest BCUT2D eigenvalue weighted by atomic mass is 79.9. The van der Waals surface area contributed by atoms with Crippen LogP contribution >= 0.6 is 15.9 Å². The molecule has 1 atom stereocenters. The second kappa shape index (κ2) is 5.24. The van der Waals surface area contributed by atoms with Crippen molar-refractivity contribution < 1.29 is 13.2 Å². The maximum Gasteiger partial charge on any atom is 0.273 e. The van der Waals surface area contributed by atoms with Gasteiger partial charge in [0.25, 0.3) is 6.43 Å². The van der Waals surface area contributed by atoms with Crippen molar-refractivity contribution in [1.82, 2.24) is 6.15 Å². The monoisotopic (exact) mass is 255 g/mol. The first kappa shape index (κ1) is 12.4. The summed E-state index contributed by atoms with van der Waals surface area (Å²) in [6.07, 6.45) is -5.13. The molecular formula is C8H9BrF3N. The summed E-state index contributed by atoms with van der Waals surface area (Å²) < 4.78 is 37.0. The number of hydrogen-bond donors (Lipinski definition) is 1. The van der Waals surface area contributed by atoms with Crippen molar-refractivity contribution in [2.24, 2.45) is 0 Å². The second-order valence-electron chi connectivity index (χ2n) is 2.29. The van der Waals surface area contributed by atoms with E-state index in [4.69, 9.17) is 0 Å². The number of alkyl halides is 3. The van der Waals surface area contributed by atoms with E-state index in [1.807, 2.05) is 0 Å². The van der Waals surface area contributed by atoms with Gasteiger partial charge in [0.1, 0.15) is 0 Å². The van der Waals surface area contributed by atoms with Crippen molar-refractivity contribution in [2.45, 2.75) is 12.6 Å². The molecule has 0 saturated carbocycles. The fraction of sp³-hybridized carbons (Fsp3) is 0.250. The largest absolute Gasteiger partial charge is 0.344 e. The Labute approximate surface area is 82.7 Å². The SMILES string of the molecule is FC(F)C(F)c1ccc(Br)cc1.N. The van der Waals surface area contributed by atoms with Crippen LogP contribution in [0, 0.1) is 0 Å². The molecule has 13 heavy (non-hydrogen) atoms. The highest BCUT2D eigenvalue weighted by Gasteiger charge is 2.20. The number of halogens is 4. The van der Waals surface area contributed by atoms with E-state index in [0.29, 0.717) is 0 Å². The van der Waals surface area contributed by atoms with Crippen molar-refractivity contribution in [1.29, 1.82) is 0 Å². The van der Waals surface area contributed by atoms with Gasteiger partial charge in [-0.05, 0) is 17.7 Å². The summed E-state index contributed by atoms with van der Waals surface area (Å²) in [4.78, 5) is 0. The van der Waals surface area contributed by atoms with Crippen molar-refractivity contribution >= 4 is 15.9 Å².